The zero-order valence-corrected chi connectivity index (χ0v) is 14.2. The largest absolute Gasteiger partial charge is 0.460 e. The van der Waals surface area contributed by atoms with E-state index < -0.39 is 8.60 Å². The van der Waals surface area contributed by atoms with Crippen LogP contribution in [0.2, 0.25) is 0 Å². The Bertz CT molecular complexity index is 573. The lowest BCUT2D eigenvalue weighted by molar-refractivity contribution is 0.328. The first kappa shape index (κ1) is 17.5. The van der Waals surface area contributed by atoms with Crippen molar-refractivity contribution in [3.63, 3.8) is 0 Å². The first-order valence-electron chi connectivity index (χ1n) is 6.76. The molecule has 0 spiro atoms. The van der Waals surface area contributed by atoms with E-state index in [2.05, 4.69) is 6.58 Å². The maximum Gasteiger partial charge on any atom is 0.460 e. The summed E-state index contributed by atoms with van der Waals surface area (Å²) in [6.07, 6.45) is 3.70. The molecular formula is C17H23O3P. The number of hydrogen-bond donors (Lipinski definition) is 1. The van der Waals surface area contributed by atoms with E-state index in [-0.39, 0.29) is 0 Å². The second-order valence-corrected chi connectivity index (χ2v) is 5.86. The molecule has 0 bridgehead atoms. The van der Waals surface area contributed by atoms with Gasteiger partial charge in [-0.15, -0.1) is 0 Å². The van der Waals surface area contributed by atoms with Gasteiger partial charge in [-0.1, -0.05) is 35.9 Å². The Morgan fingerprint density at radius 2 is 1.95 bits per heavy atom. The van der Waals surface area contributed by atoms with E-state index in [4.69, 9.17) is 9.05 Å². The van der Waals surface area contributed by atoms with Gasteiger partial charge in [-0.05, 0) is 57.9 Å². The van der Waals surface area contributed by atoms with Crippen LogP contribution >= 0.6 is 8.60 Å². The molecule has 3 nitrogen and oxygen atoms in total. The second-order valence-electron chi connectivity index (χ2n) is 5.02. The Morgan fingerprint density at radius 3 is 2.48 bits per heavy atom. The van der Waals surface area contributed by atoms with Crippen molar-refractivity contribution in [2.45, 2.75) is 34.6 Å². The Labute approximate surface area is 128 Å². The van der Waals surface area contributed by atoms with Crippen LogP contribution in [0.3, 0.4) is 0 Å². The highest BCUT2D eigenvalue weighted by molar-refractivity contribution is 7.41. The molecule has 0 saturated carbocycles. The minimum absolute atomic E-state index is 0.594. The SMILES string of the molecule is C=C(C)/C=C(C)\C(=C/C)OP(O)Oc1ccc(C)cc1C. The number of benzene rings is 1. The van der Waals surface area contributed by atoms with Crippen molar-refractivity contribution in [3.8, 4) is 5.75 Å². The first-order valence-corrected chi connectivity index (χ1v) is 7.89. The van der Waals surface area contributed by atoms with Gasteiger partial charge in [0.1, 0.15) is 11.5 Å². The number of allylic oxidation sites excluding steroid dienone is 4. The monoisotopic (exact) mass is 306 g/mol. The molecule has 114 valence electrons. The zero-order valence-electron chi connectivity index (χ0n) is 13.3. The smallest absolute Gasteiger partial charge is 0.418 e. The molecule has 0 aliphatic heterocycles. The van der Waals surface area contributed by atoms with Gasteiger partial charge in [-0.25, -0.2) is 0 Å². The Kier molecular flexibility index (Phi) is 6.67. The molecule has 0 aromatic heterocycles. The Hall–Kier alpha value is -1.57. The zero-order chi connectivity index (χ0) is 16.0. The van der Waals surface area contributed by atoms with Gasteiger partial charge in [-0.3, -0.25) is 0 Å². The van der Waals surface area contributed by atoms with E-state index in [0.29, 0.717) is 11.5 Å². The van der Waals surface area contributed by atoms with Crippen LogP contribution < -0.4 is 4.52 Å². The van der Waals surface area contributed by atoms with Crippen molar-refractivity contribution >= 4 is 8.60 Å². The minimum atomic E-state index is -2.02. The molecule has 1 aromatic rings. The summed E-state index contributed by atoms with van der Waals surface area (Å²) in [5, 5.41) is 0. The second kappa shape index (κ2) is 8.02. The summed E-state index contributed by atoms with van der Waals surface area (Å²) in [4.78, 5) is 10.0. The molecule has 0 saturated heterocycles. The molecule has 1 aromatic carbocycles. The summed E-state index contributed by atoms with van der Waals surface area (Å²) >= 11 is 0. The Morgan fingerprint density at radius 1 is 1.29 bits per heavy atom. The molecule has 21 heavy (non-hydrogen) atoms. The molecule has 4 heteroatoms. The molecule has 1 N–H and O–H groups in total. The van der Waals surface area contributed by atoms with Crippen molar-refractivity contribution in [2.24, 2.45) is 0 Å². The van der Waals surface area contributed by atoms with Crippen LogP contribution in [-0.2, 0) is 4.52 Å². The van der Waals surface area contributed by atoms with Gasteiger partial charge in [0.25, 0.3) is 0 Å². The summed E-state index contributed by atoms with van der Waals surface area (Å²) in [5.74, 6) is 1.22. The average molecular weight is 306 g/mol. The third-order valence-electron chi connectivity index (χ3n) is 2.80. The van der Waals surface area contributed by atoms with Crippen LogP contribution in [0.1, 0.15) is 31.9 Å². The number of aryl methyl sites for hydroxylation is 2. The molecule has 1 rings (SSSR count). The van der Waals surface area contributed by atoms with Gasteiger partial charge >= 0.3 is 8.60 Å². The van der Waals surface area contributed by atoms with E-state index in [1.54, 1.807) is 6.08 Å². The highest BCUT2D eigenvalue weighted by Crippen LogP contribution is 2.40. The van der Waals surface area contributed by atoms with Crippen LogP contribution in [0.4, 0.5) is 0 Å². The average Bonchev–Trinajstić information content (AvgIpc) is 2.38. The first-order chi connectivity index (χ1) is 9.83. The fourth-order valence-corrected chi connectivity index (χ4v) is 2.71. The third kappa shape index (κ3) is 5.74. The maximum absolute atomic E-state index is 10.0. The maximum atomic E-state index is 10.0. The molecule has 0 fully saturated rings. The highest BCUT2D eigenvalue weighted by atomic mass is 31.2. The molecule has 0 aliphatic carbocycles. The molecule has 0 aliphatic rings. The van der Waals surface area contributed by atoms with Gasteiger partial charge in [0.05, 0.1) is 0 Å². The van der Waals surface area contributed by atoms with E-state index in [1.165, 1.54) is 0 Å². The minimum Gasteiger partial charge on any atom is -0.418 e. The predicted molar refractivity (Wildman–Crippen MR) is 89.1 cm³/mol. The summed E-state index contributed by atoms with van der Waals surface area (Å²) in [5.41, 5.74) is 3.94. The normalized spacial score (nSPS) is 13.8. The molecular weight excluding hydrogens is 283 g/mol. The van der Waals surface area contributed by atoms with Crippen LogP contribution in [0.5, 0.6) is 5.75 Å². The predicted octanol–water partition coefficient (Wildman–Crippen LogP) is 5.34. The van der Waals surface area contributed by atoms with Crippen molar-refractivity contribution in [1.82, 2.24) is 0 Å². The lowest BCUT2D eigenvalue weighted by atomic mass is 10.1. The van der Waals surface area contributed by atoms with Crippen LogP contribution in [0.15, 0.2) is 53.8 Å². The van der Waals surface area contributed by atoms with Crippen molar-refractivity contribution in [3.05, 3.63) is 65.0 Å². The van der Waals surface area contributed by atoms with Crippen LogP contribution in [0, 0.1) is 13.8 Å². The fourth-order valence-electron chi connectivity index (χ4n) is 1.88. The van der Waals surface area contributed by atoms with E-state index in [9.17, 15) is 4.89 Å². The van der Waals surface area contributed by atoms with E-state index in [0.717, 1.165) is 22.3 Å². The van der Waals surface area contributed by atoms with Crippen molar-refractivity contribution < 1.29 is 13.9 Å². The summed E-state index contributed by atoms with van der Waals surface area (Å²) in [6.45, 7) is 13.4. The van der Waals surface area contributed by atoms with E-state index in [1.807, 2.05) is 58.9 Å². The number of rotatable bonds is 6. The fraction of sp³-hybridized carbons (Fsp3) is 0.294. The molecule has 0 amide bonds. The molecule has 0 radical (unpaired) electrons. The van der Waals surface area contributed by atoms with Crippen molar-refractivity contribution in [2.75, 3.05) is 0 Å². The van der Waals surface area contributed by atoms with Gasteiger partial charge in [-0.2, -0.15) is 0 Å². The lowest BCUT2D eigenvalue weighted by Crippen LogP contribution is -1.96. The van der Waals surface area contributed by atoms with Gasteiger partial charge < -0.3 is 13.9 Å². The molecule has 1 unspecified atom stereocenters. The van der Waals surface area contributed by atoms with Crippen LogP contribution in [0.25, 0.3) is 0 Å². The standard InChI is InChI=1S/C17H23O3P/c1-7-16(14(5)10-12(2)3)19-21(18)20-17-9-8-13(4)11-15(17)6/h7-11,18H,2H2,1,3-6H3/b14-10-,16-7+. The quantitative estimate of drug-likeness (QED) is 0.438. The third-order valence-corrected chi connectivity index (χ3v) is 3.50. The Balaban J connectivity index is 2.76. The molecule has 1 atom stereocenters. The van der Waals surface area contributed by atoms with Crippen LogP contribution in [-0.4, -0.2) is 4.89 Å². The lowest BCUT2D eigenvalue weighted by Gasteiger charge is -2.16. The van der Waals surface area contributed by atoms with Crippen molar-refractivity contribution in [1.29, 1.82) is 0 Å². The summed E-state index contributed by atoms with van der Waals surface area (Å²) in [7, 11) is -2.02. The van der Waals surface area contributed by atoms with Gasteiger partial charge in [0, 0.05) is 0 Å². The summed E-state index contributed by atoms with van der Waals surface area (Å²) in [6, 6.07) is 5.78. The molecule has 0 heterocycles. The van der Waals surface area contributed by atoms with Gasteiger partial charge in [0.2, 0.25) is 0 Å². The highest BCUT2D eigenvalue weighted by Gasteiger charge is 2.15. The summed E-state index contributed by atoms with van der Waals surface area (Å²) < 4.78 is 11.0. The topological polar surface area (TPSA) is 38.7 Å². The number of hydrogen-bond acceptors (Lipinski definition) is 3. The van der Waals surface area contributed by atoms with E-state index >= 15 is 0 Å². The van der Waals surface area contributed by atoms with Gasteiger partial charge in [0.15, 0.2) is 0 Å².